The smallest absolute Gasteiger partial charge is 0.337 e. The van der Waals surface area contributed by atoms with Gasteiger partial charge in [0.05, 0.1) is 11.1 Å². The number of carbonyl (C=O) groups is 2. The fourth-order valence-electron chi connectivity index (χ4n) is 1.72. The van der Waals surface area contributed by atoms with E-state index in [0.717, 1.165) is 6.20 Å². The summed E-state index contributed by atoms with van der Waals surface area (Å²) >= 11 is 0. The van der Waals surface area contributed by atoms with E-state index in [1.807, 2.05) is 0 Å². The summed E-state index contributed by atoms with van der Waals surface area (Å²) in [6.45, 7) is 0. The first-order valence-corrected chi connectivity index (χ1v) is 7.58. The Hall–Kier alpha value is -3.18. The SMILES string of the molecule is O=C(O)c1ccc(NC(=O)c2cc(O)c(S(=O)(=O)O)cc2O)nc1. The van der Waals surface area contributed by atoms with Crippen molar-refractivity contribution in [3.8, 4) is 11.5 Å². The molecule has 0 aliphatic carbocycles. The van der Waals surface area contributed by atoms with Gasteiger partial charge in [0.25, 0.3) is 16.0 Å². The number of pyridine rings is 1. The molecule has 11 heteroatoms. The molecule has 1 amide bonds. The second kappa shape index (κ2) is 6.14. The van der Waals surface area contributed by atoms with Gasteiger partial charge in [0, 0.05) is 12.3 Å². The van der Waals surface area contributed by atoms with Crippen molar-refractivity contribution in [2.75, 3.05) is 5.32 Å². The quantitative estimate of drug-likeness (QED) is 0.391. The lowest BCUT2D eigenvalue weighted by molar-refractivity contribution is 0.0696. The number of carboxylic acid groups (broad SMARTS) is 1. The Bertz CT molecular complexity index is 922. The second-order valence-electron chi connectivity index (χ2n) is 4.50. The van der Waals surface area contributed by atoms with Crippen molar-refractivity contribution in [2.45, 2.75) is 4.90 Å². The molecule has 2 aromatic rings. The summed E-state index contributed by atoms with van der Waals surface area (Å²) < 4.78 is 30.9. The third-order valence-electron chi connectivity index (χ3n) is 2.85. The molecular formula is C13H10N2O8S. The summed E-state index contributed by atoms with van der Waals surface area (Å²) in [6.07, 6.45) is 0.997. The number of carbonyl (C=O) groups excluding carboxylic acids is 1. The van der Waals surface area contributed by atoms with Crippen LogP contribution in [0.5, 0.6) is 11.5 Å². The van der Waals surface area contributed by atoms with E-state index in [-0.39, 0.29) is 11.4 Å². The largest absolute Gasteiger partial charge is 0.507 e. The van der Waals surface area contributed by atoms with Crippen molar-refractivity contribution in [3.05, 3.63) is 41.6 Å². The lowest BCUT2D eigenvalue weighted by Crippen LogP contribution is -2.14. The molecule has 0 unspecified atom stereocenters. The summed E-state index contributed by atoms with van der Waals surface area (Å²) in [5, 5.41) is 30.2. The number of rotatable bonds is 4. The number of nitrogens with one attached hydrogen (secondary N) is 1. The van der Waals surface area contributed by atoms with Crippen molar-refractivity contribution >= 4 is 27.8 Å². The molecule has 1 aromatic carbocycles. The Kier molecular flexibility index (Phi) is 4.39. The Morgan fingerprint density at radius 3 is 2.25 bits per heavy atom. The van der Waals surface area contributed by atoms with Gasteiger partial charge < -0.3 is 20.6 Å². The monoisotopic (exact) mass is 354 g/mol. The lowest BCUT2D eigenvalue weighted by atomic mass is 10.1. The molecule has 0 spiro atoms. The number of phenolic OH excluding ortho intramolecular Hbond substituents is 2. The molecule has 0 aliphatic heterocycles. The van der Waals surface area contributed by atoms with Crippen molar-refractivity contribution in [1.82, 2.24) is 4.98 Å². The molecule has 2 rings (SSSR count). The summed E-state index contributed by atoms with van der Waals surface area (Å²) in [7, 11) is -4.78. The first-order valence-electron chi connectivity index (χ1n) is 6.13. The number of nitrogens with zero attached hydrogens (tertiary/aromatic N) is 1. The zero-order valence-corrected chi connectivity index (χ0v) is 12.5. The second-order valence-corrected chi connectivity index (χ2v) is 5.89. The van der Waals surface area contributed by atoms with Gasteiger partial charge >= 0.3 is 5.97 Å². The maximum absolute atomic E-state index is 12.0. The predicted octanol–water partition coefficient (Wildman–Crippen LogP) is 0.690. The van der Waals surface area contributed by atoms with Crippen LogP contribution in [0.4, 0.5) is 5.82 Å². The highest BCUT2D eigenvalue weighted by Gasteiger charge is 2.22. The van der Waals surface area contributed by atoms with Gasteiger partial charge in [-0.2, -0.15) is 8.42 Å². The molecule has 0 aliphatic rings. The van der Waals surface area contributed by atoms with Gasteiger partial charge in [0.1, 0.15) is 22.2 Å². The fourth-order valence-corrected chi connectivity index (χ4v) is 2.31. The third-order valence-corrected chi connectivity index (χ3v) is 3.73. The van der Waals surface area contributed by atoms with Gasteiger partial charge in [-0.15, -0.1) is 0 Å². The lowest BCUT2D eigenvalue weighted by Gasteiger charge is -2.09. The summed E-state index contributed by atoms with van der Waals surface area (Å²) in [5.74, 6) is -3.93. The fraction of sp³-hybridized carbons (Fsp3) is 0. The van der Waals surface area contributed by atoms with Crippen LogP contribution >= 0.6 is 0 Å². The van der Waals surface area contributed by atoms with E-state index in [1.54, 1.807) is 0 Å². The van der Waals surface area contributed by atoms with E-state index in [2.05, 4.69) is 10.3 Å². The number of aromatic nitrogens is 1. The zero-order valence-electron chi connectivity index (χ0n) is 11.7. The molecule has 0 bridgehead atoms. The molecule has 0 atom stereocenters. The highest BCUT2D eigenvalue weighted by molar-refractivity contribution is 7.86. The average Bonchev–Trinajstić information content (AvgIpc) is 2.48. The van der Waals surface area contributed by atoms with Crippen molar-refractivity contribution in [2.24, 2.45) is 0 Å². The predicted molar refractivity (Wildman–Crippen MR) is 78.7 cm³/mol. The number of hydrogen-bond donors (Lipinski definition) is 5. The molecule has 1 heterocycles. The third kappa shape index (κ3) is 3.59. The highest BCUT2D eigenvalue weighted by Crippen LogP contribution is 2.30. The van der Waals surface area contributed by atoms with E-state index < -0.39 is 44.0 Å². The molecular weight excluding hydrogens is 344 g/mol. The normalized spacial score (nSPS) is 11.0. The van der Waals surface area contributed by atoms with Crippen LogP contribution in [0.2, 0.25) is 0 Å². The van der Waals surface area contributed by atoms with Gasteiger partial charge in [0.2, 0.25) is 0 Å². The molecule has 0 radical (unpaired) electrons. The van der Waals surface area contributed by atoms with Crippen LogP contribution in [0.15, 0.2) is 35.4 Å². The van der Waals surface area contributed by atoms with E-state index in [9.17, 15) is 28.2 Å². The van der Waals surface area contributed by atoms with Crippen molar-refractivity contribution in [3.63, 3.8) is 0 Å². The number of hydrogen-bond acceptors (Lipinski definition) is 7. The molecule has 1 aromatic heterocycles. The van der Waals surface area contributed by atoms with E-state index in [1.165, 1.54) is 12.1 Å². The number of aromatic hydroxyl groups is 2. The van der Waals surface area contributed by atoms with Crippen LogP contribution in [-0.2, 0) is 10.1 Å². The first kappa shape index (κ1) is 17.2. The molecule has 10 nitrogen and oxygen atoms in total. The van der Waals surface area contributed by atoms with Gasteiger partial charge in [0.15, 0.2) is 0 Å². The van der Waals surface area contributed by atoms with Crippen molar-refractivity contribution in [1.29, 1.82) is 0 Å². The molecule has 0 saturated heterocycles. The van der Waals surface area contributed by atoms with Crippen LogP contribution in [-0.4, -0.2) is 45.2 Å². The van der Waals surface area contributed by atoms with Crippen molar-refractivity contribution < 1.29 is 37.9 Å². The van der Waals surface area contributed by atoms with Crippen LogP contribution in [0, 0.1) is 0 Å². The number of aromatic carboxylic acids is 1. The van der Waals surface area contributed by atoms with E-state index in [4.69, 9.17) is 9.66 Å². The topological polar surface area (TPSA) is 174 Å². The summed E-state index contributed by atoms with van der Waals surface area (Å²) in [4.78, 5) is 25.4. The number of anilines is 1. The number of carboxylic acids is 1. The van der Waals surface area contributed by atoms with Gasteiger partial charge in [-0.05, 0) is 18.2 Å². The van der Waals surface area contributed by atoms with Gasteiger partial charge in [-0.3, -0.25) is 9.35 Å². The molecule has 24 heavy (non-hydrogen) atoms. The van der Waals surface area contributed by atoms with Gasteiger partial charge in [-0.1, -0.05) is 0 Å². The minimum atomic E-state index is -4.78. The number of benzene rings is 1. The molecule has 0 fully saturated rings. The van der Waals surface area contributed by atoms with E-state index >= 15 is 0 Å². The number of amides is 1. The Morgan fingerprint density at radius 2 is 1.75 bits per heavy atom. The summed E-state index contributed by atoms with van der Waals surface area (Å²) in [5.41, 5.74) is -0.588. The van der Waals surface area contributed by atoms with Gasteiger partial charge in [-0.25, -0.2) is 9.78 Å². The van der Waals surface area contributed by atoms with Crippen LogP contribution in [0.3, 0.4) is 0 Å². The standard InChI is InChI=1S/C13H10N2O8S/c16-8-4-10(24(21,22)23)9(17)3-7(8)12(18)15-11-2-1-6(5-14-11)13(19)20/h1-5,16-17H,(H,19,20)(H,14,15,18)(H,21,22,23). The van der Waals surface area contributed by atoms with Crippen LogP contribution < -0.4 is 5.32 Å². The summed E-state index contributed by atoms with van der Waals surface area (Å²) in [6, 6.07) is 3.55. The highest BCUT2D eigenvalue weighted by atomic mass is 32.2. The minimum absolute atomic E-state index is 0.0391. The Morgan fingerprint density at radius 1 is 1.08 bits per heavy atom. The zero-order chi connectivity index (χ0) is 18.1. The molecule has 0 saturated carbocycles. The molecule has 5 N–H and O–H groups in total. The number of phenols is 2. The maximum Gasteiger partial charge on any atom is 0.337 e. The maximum atomic E-state index is 12.0. The van der Waals surface area contributed by atoms with Crippen LogP contribution in [0.25, 0.3) is 0 Å². The Labute approximate surface area is 134 Å². The average molecular weight is 354 g/mol. The molecule has 126 valence electrons. The van der Waals surface area contributed by atoms with E-state index in [0.29, 0.717) is 12.1 Å². The Balaban J connectivity index is 2.30. The van der Waals surface area contributed by atoms with Crippen LogP contribution in [0.1, 0.15) is 20.7 Å². The minimum Gasteiger partial charge on any atom is -0.507 e. The first-order chi connectivity index (χ1) is 11.1.